The summed E-state index contributed by atoms with van der Waals surface area (Å²) in [6.45, 7) is 1.70. The fraction of sp³-hybridized carbons (Fsp3) is 0.333. The Labute approximate surface area is 107 Å². The fourth-order valence-corrected chi connectivity index (χ4v) is 2.46. The molecule has 1 aliphatic rings. The van der Waals surface area contributed by atoms with Crippen LogP contribution in [0.15, 0.2) is 42.7 Å². The van der Waals surface area contributed by atoms with Crippen LogP contribution in [0, 0.1) is 0 Å². The summed E-state index contributed by atoms with van der Waals surface area (Å²) in [5.74, 6) is 1.02. The largest absolute Gasteiger partial charge is 0.493 e. The van der Waals surface area contributed by atoms with Gasteiger partial charge in [-0.2, -0.15) is 0 Å². The number of nitrogens with zero attached hydrogens (tertiary/aromatic N) is 1. The average Bonchev–Trinajstić information content (AvgIpc) is 2.82. The first kappa shape index (κ1) is 11.4. The molecule has 1 N–H and O–H groups in total. The van der Waals surface area contributed by atoms with E-state index in [0.29, 0.717) is 6.04 Å². The first-order valence-corrected chi connectivity index (χ1v) is 6.39. The molecule has 1 aromatic heterocycles. The highest BCUT2D eigenvalue weighted by Gasteiger charge is 2.20. The summed E-state index contributed by atoms with van der Waals surface area (Å²) in [6, 6.07) is 10.8. The smallest absolute Gasteiger partial charge is 0.124 e. The molecule has 2 aromatic rings. The van der Waals surface area contributed by atoms with Gasteiger partial charge in [0.25, 0.3) is 0 Å². The maximum atomic E-state index is 5.67. The summed E-state index contributed by atoms with van der Waals surface area (Å²) in [6.07, 6.45) is 5.26. The number of benzene rings is 1. The number of aryl methyl sites for hydroxylation is 1. The summed E-state index contributed by atoms with van der Waals surface area (Å²) in [5, 5.41) is 3.61. The Kier molecular flexibility index (Phi) is 3.07. The zero-order valence-electron chi connectivity index (χ0n) is 10.6. The normalized spacial score (nSPS) is 18.2. The predicted octanol–water partition coefficient (Wildman–Crippen LogP) is 2.64. The highest BCUT2D eigenvalue weighted by molar-refractivity contribution is 5.37. The molecule has 0 fully saturated rings. The van der Waals surface area contributed by atoms with Crippen molar-refractivity contribution in [3.63, 3.8) is 0 Å². The molecule has 0 amide bonds. The van der Waals surface area contributed by atoms with Gasteiger partial charge in [0.05, 0.1) is 6.61 Å². The standard InChI is InChI=1S/C15H18N2O/c1-17-8-6-12(11-17)10-16-14-7-9-18-15-5-3-2-4-13(14)15/h2-6,8,11,14,16H,7,9-10H2,1H3. The van der Waals surface area contributed by atoms with Crippen molar-refractivity contribution in [2.45, 2.75) is 19.0 Å². The van der Waals surface area contributed by atoms with E-state index in [-0.39, 0.29) is 0 Å². The van der Waals surface area contributed by atoms with Crippen LogP contribution in [0.1, 0.15) is 23.6 Å². The number of rotatable bonds is 3. The third-order valence-corrected chi connectivity index (χ3v) is 3.40. The van der Waals surface area contributed by atoms with Crippen LogP contribution >= 0.6 is 0 Å². The Hall–Kier alpha value is -1.74. The second-order valence-corrected chi connectivity index (χ2v) is 4.79. The molecule has 18 heavy (non-hydrogen) atoms. The maximum Gasteiger partial charge on any atom is 0.124 e. The van der Waals surface area contributed by atoms with E-state index in [2.05, 4.69) is 40.5 Å². The summed E-state index contributed by atoms with van der Waals surface area (Å²) < 4.78 is 7.74. The third-order valence-electron chi connectivity index (χ3n) is 3.40. The van der Waals surface area contributed by atoms with E-state index in [1.807, 2.05) is 19.2 Å². The minimum absolute atomic E-state index is 0.398. The van der Waals surface area contributed by atoms with Crippen molar-refractivity contribution in [1.82, 2.24) is 9.88 Å². The average molecular weight is 242 g/mol. The zero-order chi connectivity index (χ0) is 12.4. The van der Waals surface area contributed by atoms with E-state index in [9.17, 15) is 0 Å². The van der Waals surface area contributed by atoms with E-state index < -0.39 is 0 Å². The van der Waals surface area contributed by atoms with Crippen molar-refractivity contribution >= 4 is 0 Å². The van der Waals surface area contributed by atoms with Crippen LogP contribution in [0.3, 0.4) is 0 Å². The molecule has 0 saturated carbocycles. The van der Waals surface area contributed by atoms with Gasteiger partial charge in [-0.1, -0.05) is 18.2 Å². The number of nitrogens with one attached hydrogen (secondary N) is 1. The predicted molar refractivity (Wildman–Crippen MR) is 71.5 cm³/mol. The van der Waals surface area contributed by atoms with Crippen LogP contribution in [0.2, 0.25) is 0 Å². The summed E-state index contributed by atoms with van der Waals surface area (Å²) in [7, 11) is 2.05. The summed E-state index contributed by atoms with van der Waals surface area (Å²) in [5.41, 5.74) is 2.60. The molecule has 1 aliphatic heterocycles. The third kappa shape index (κ3) is 2.27. The first-order chi connectivity index (χ1) is 8.83. The lowest BCUT2D eigenvalue weighted by atomic mass is 10.0. The Morgan fingerprint density at radius 2 is 2.22 bits per heavy atom. The second kappa shape index (κ2) is 4.86. The van der Waals surface area contributed by atoms with E-state index in [1.54, 1.807) is 0 Å². The lowest BCUT2D eigenvalue weighted by Gasteiger charge is -2.26. The van der Waals surface area contributed by atoms with Gasteiger partial charge in [0, 0.05) is 44.0 Å². The van der Waals surface area contributed by atoms with Gasteiger partial charge in [-0.15, -0.1) is 0 Å². The monoisotopic (exact) mass is 242 g/mol. The molecular weight excluding hydrogens is 224 g/mol. The molecule has 94 valence electrons. The molecule has 0 spiro atoms. The lowest BCUT2D eigenvalue weighted by Crippen LogP contribution is -2.26. The molecule has 1 aromatic carbocycles. The summed E-state index contributed by atoms with van der Waals surface area (Å²) >= 11 is 0. The molecule has 0 saturated heterocycles. The second-order valence-electron chi connectivity index (χ2n) is 4.79. The Balaban J connectivity index is 1.71. The van der Waals surface area contributed by atoms with E-state index in [4.69, 9.17) is 4.74 Å². The van der Waals surface area contributed by atoms with E-state index in [1.165, 1.54) is 11.1 Å². The van der Waals surface area contributed by atoms with Crippen molar-refractivity contribution in [3.8, 4) is 5.75 Å². The topological polar surface area (TPSA) is 26.2 Å². The van der Waals surface area contributed by atoms with Gasteiger partial charge in [0.15, 0.2) is 0 Å². The fourth-order valence-electron chi connectivity index (χ4n) is 2.46. The molecule has 2 heterocycles. The van der Waals surface area contributed by atoms with Crippen molar-refractivity contribution in [2.24, 2.45) is 7.05 Å². The number of hydrogen-bond acceptors (Lipinski definition) is 2. The molecule has 1 atom stereocenters. The van der Waals surface area contributed by atoms with Crippen molar-refractivity contribution < 1.29 is 4.74 Å². The number of fused-ring (bicyclic) bond motifs is 1. The molecule has 3 heteroatoms. The van der Waals surface area contributed by atoms with Gasteiger partial charge < -0.3 is 14.6 Å². The van der Waals surface area contributed by atoms with Gasteiger partial charge >= 0.3 is 0 Å². The van der Waals surface area contributed by atoms with Gasteiger partial charge in [-0.25, -0.2) is 0 Å². The Morgan fingerprint density at radius 1 is 1.33 bits per heavy atom. The minimum atomic E-state index is 0.398. The molecule has 0 bridgehead atoms. The van der Waals surface area contributed by atoms with Crippen molar-refractivity contribution in [3.05, 3.63) is 53.9 Å². The Bertz CT molecular complexity index is 533. The maximum absolute atomic E-state index is 5.67. The number of para-hydroxylation sites is 1. The molecule has 3 rings (SSSR count). The quantitative estimate of drug-likeness (QED) is 0.895. The molecule has 0 radical (unpaired) electrons. The molecule has 3 nitrogen and oxygen atoms in total. The Morgan fingerprint density at radius 3 is 3.06 bits per heavy atom. The highest BCUT2D eigenvalue weighted by Crippen LogP contribution is 2.31. The first-order valence-electron chi connectivity index (χ1n) is 6.39. The molecule has 0 aliphatic carbocycles. The van der Waals surface area contributed by atoms with Crippen LogP contribution in [-0.2, 0) is 13.6 Å². The number of ether oxygens (including phenoxy) is 1. The zero-order valence-corrected chi connectivity index (χ0v) is 10.6. The van der Waals surface area contributed by atoms with Crippen LogP contribution in [0.5, 0.6) is 5.75 Å². The molecular formula is C15H18N2O. The van der Waals surface area contributed by atoms with Gasteiger partial charge in [-0.05, 0) is 17.7 Å². The molecule has 1 unspecified atom stereocenters. The van der Waals surface area contributed by atoms with Crippen LogP contribution in [0.25, 0.3) is 0 Å². The highest BCUT2D eigenvalue weighted by atomic mass is 16.5. The van der Waals surface area contributed by atoms with Crippen molar-refractivity contribution in [1.29, 1.82) is 0 Å². The van der Waals surface area contributed by atoms with E-state index in [0.717, 1.165) is 25.3 Å². The SMILES string of the molecule is Cn1ccc(CNC2CCOc3ccccc32)c1. The van der Waals surface area contributed by atoms with E-state index >= 15 is 0 Å². The van der Waals surface area contributed by atoms with Crippen molar-refractivity contribution in [2.75, 3.05) is 6.61 Å². The number of hydrogen-bond donors (Lipinski definition) is 1. The number of aromatic nitrogens is 1. The van der Waals surface area contributed by atoms with Crippen LogP contribution < -0.4 is 10.1 Å². The summed E-state index contributed by atoms with van der Waals surface area (Å²) in [4.78, 5) is 0. The van der Waals surface area contributed by atoms with Gasteiger partial charge in [-0.3, -0.25) is 0 Å². The minimum Gasteiger partial charge on any atom is -0.493 e. The lowest BCUT2D eigenvalue weighted by molar-refractivity contribution is 0.252. The van der Waals surface area contributed by atoms with Crippen LogP contribution in [-0.4, -0.2) is 11.2 Å². The van der Waals surface area contributed by atoms with Gasteiger partial charge in [0.2, 0.25) is 0 Å². The van der Waals surface area contributed by atoms with Gasteiger partial charge in [0.1, 0.15) is 5.75 Å². The van der Waals surface area contributed by atoms with Crippen LogP contribution in [0.4, 0.5) is 0 Å².